The van der Waals surface area contributed by atoms with Gasteiger partial charge in [0.15, 0.2) is 5.69 Å². The van der Waals surface area contributed by atoms with Gasteiger partial charge >= 0.3 is 6.18 Å². The molecule has 0 amide bonds. The molecule has 0 saturated heterocycles. The van der Waals surface area contributed by atoms with E-state index < -0.39 is 11.9 Å². The maximum Gasteiger partial charge on any atom is 0.434 e. The molecule has 0 saturated carbocycles. The number of nitrogens with one attached hydrogen (secondary N) is 1. The van der Waals surface area contributed by atoms with Crippen molar-refractivity contribution in [3.8, 4) is 11.4 Å². The zero-order valence-electron chi connectivity index (χ0n) is 13.3. The fraction of sp³-hybridized carbons (Fsp3) is 0.188. The fourth-order valence-corrected chi connectivity index (χ4v) is 2.76. The van der Waals surface area contributed by atoms with E-state index in [-0.39, 0.29) is 11.1 Å². The Balaban J connectivity index is 1.75. The summed E-state index contributed by atoms with van der Waals surface area (Å²) in [6.45, 7) is 0.459. The lowest BCUT2D eigenvalue weighted by molar-refractivity contribution is -0.140. The number of imidazole rings is 1. The number of aryl methyl sites for hydroxylation is 1. The van der Waals surface area contributed by atoms with Crippen LogP contribution >= 0.6 is 27.5 Å². The largest absolute Gasteiger partial charge is 0.434 e. The summed E-state index contributed by atoms with van der Waals surface area (Å²) in [4.78, 5) is 11.6. The molecule has 0 bridgehead atoms. The predicted molar refractivity (Wildman–Crippen MR) is 95.7 cm³/mol. The molecule has 0 aliphatic rings. The molecule has 1 N–H and O–H groups in total. The van der Waals surface area contributed by atoms with E-state index in [1.807, 2.05) is 0 Å². The van der Waals surface area contributed by atoms with E-state index in [1.165, 1.54) is 11.6 Å². The van der Waals surface area contributed by atoms with E-state index in [0.717, 1.165) is 11.8 Å². The predicted octanol–water partition coefficient (Wildman–Crippen LogP) is 4.92. The van der Waals surface area contributed by atoms with Gasteiger partial charge in [0.05, 0.1) is 4.47 Å². The maximum absolute atomic E-state index is 12.8. The second-order valence-corrected chi connectivity index (χ2v) is 6.64. The molecule has 5 nitrogen and oxygen atoms in total. The normalized spacial score (nSPS) is 11.6. The zero-order valence-corrected chi connectivity index (χ0v) is 15.7. The van der Waals surface area contributed by atoms with Gasteiger partial charge in [0.25, 0.3) is 0 Å². The van der Waals surface area contributed by atoms with Crippen molar-refractivity contribution < 1.29 is 13.2 Å². The first-order valence-electron chi connectivity index (χ1n) is 7.36. The highest BCUT2D eigenvalue weighted by Crippen LogP contribution is 2.30. The number of aromatic nitrogens is 4. The van der Waals surface area contributed by atoms with Crippen molar-refractivity contribution in [3.05, 3.63) is 57.7 Å². The van der Waals surface area contributed by atoms with E-state index in [2.05, 4.69) is 36.2 Å². The minimum absolute atomic E-state index is 0.126. The first-order chi connectivity index (χ1) is 12.2. The van der Waals surface area contributed by atoms with Gasteiger partial charge in [-0.3, -0.25) is 0 Å². The van der Waals surface area contributed by atoms with Crippen LogP contribution in [0.4, 0.5) is 19.0 Å². The molecule has 136 valence electrons. The Hall–Kier alpha value is -2.13. The molecule has 0 unspecified atom stereocenters. The number of alkyl halides is 3. The highest BCUT2D eigenvalue weighted by molar-refractivity contribution is 9.10. The van der Waals surface area contributed by atoms with Crippen LogP contribution in [0.15, 0.2) is 41.1 Å². The Morgan fingerprint density at radius 3 is 2.50 bits per heavy atom. The Morgan fingerprint density at radius 1 is 1.19 bits per heavy atom. The van der Waals surface area contributed by atoms with Gasteiger partial charge in [0, 0.05) is 31.5 Å². The third-order valence-electron chi connectivity index (χ3n) is 3.55. The highest BCUT2D eigenvalue weighted by atomic mass is 79.9. The first-order valence-corrected chi connectivity index (χ1v) is 8.53. The van der Waals surface area contributed by atoms with Crippen LogP contribution in [0.25, 0.3) is 11.4 Å². The monoisotopic (exact) mass is 445 g/mol. The average molecular weight is 447 g/mol. The first kappa shape index (κ1) is 18.7. The molecule has 3 rings (SSSR count). The van der Waals surface area contributed by atoms with Crippen molar-refractivity contribution in [1.82, 2.24) is 19.5 Å². The number of anilines is 1. The summed E-state index contributed by atoms with van der Waals surface area (Å²) in [5, 5.41) is 3.24. The third kappa shape index (κ3) is 4.16. The molecular formula is C16H12BrClF3N5. The summed E-state index contributed by atoms with van der Waals surface area (Å²) in [7, 11) is 1.53. The Labute approximate surface area is 160 Å². The van der Waals surface area contributed by atoms with Crippen molar-refractivity contribution in [2.75, 3.05) is 5.32 Å². The van der Waals surface area contributed by atoms with Gasteiger partial charge in [-0.15, -0.1) is 0 Å². The molecular weight excluding hydrogens is 435 g/mol. The van der Waals surface area contributed by atoms with Gasteiger partial charge in [0.2, 0.25) is 5.28 Å². The standard InChI is InChI=1S/C16H12BrClF3N5/c1-26-8-12(16(19,20)21)24-14(26)10-4-2-9(3-5-10)6-22-13-11(17)7-23-15(18)25-13/h2-5,7-8H,6H2,1H3,(H,22,23,25). The summed E-state index contributed by atoms with van der Waals surface area (Å²) in [5.41, 5.74) is 0.602. The minimum atomic E-state index is -4.47. The number of nitrogens with zero attached hydrogens (tertiary/aromatic N) is 4. The third-order valence-corrected chi connectivity index (χ3v) is 4.32. The molecule has 0 aliphatic carbocycles. The molecule has 0 aliphatic heterocycles. The van der Waals surface area contributed by atoms with Gasteiger partial charge in [0.1, 0.15) is 11.6 Å². The molecule has 2 aromatic heterocycles. The maximum atomic E-state index is 12.8. The van der Waals surface area contributed by atoms with E-state index >= 15 is 0 Å². The zero-order chi connectivity index (χ0) is 18.9. The van der Waals surface area contributed by atoms with Crippen LogP contribution in [0.5, 0.6) is 0 Å². The lowest BCUT2D eigenvalue weighted by Crippen LogP contribution is -2.05. The second-order valence-electron chi connectivity index (χ2n) is 5.44. The van der Waals surface area contributed by atoms with Gasteiger partial charge in [-0.25, -0.2) is 9.97 Å². The van der Waals surface area contributed by atoms with Crippen LogP contribution in [-0.4, -0.2) is 19.5 Å². The molecule has 10 heteroatoms. The van der Waals surface area contributed by atoms with Crippen molar-refractivity contribution in [1.29, 1.82) is 0 Å². The van der Waals surface area contributed by atoms with Crippen LogP contribution in [0.1, 0.15) is 11.3 Å². The van der Waals surface area contributed by atoms with E-state index in [1.54, 1.807) is 30.5 Å². The summed E-state index contributed by atoms with van der Waals surface area (Å²) in [6, 6.07) is 7.06. The molecule has 0 radical (unpaired) electrons. The van der Waals surface area contributed by atoms with Crippen molar-refractivity contribution in [3.63, 3.8) is 0 Å². The van der Waals surface area contributed by atoms with Gasteiger partial charge in [-0.1, -0.05) is 24.3 Å². The van der Waals surface area contributed by atoms with Crippen LogP contribution in [0, 0.1) is 0 Å². The number of benzene rings is 1. The van der Waals surface area contributed by atoms with E-state index in [4.69, 9.17) is 11.6 Å². The lowest BCUT2D eigenvalue weighted by Gasteiger charge is -2.08. The van der Waals surface area contributed by atoms with Crippen molar-refractivity contribution in [2.24, 2.45) is 7.05 Å². The Kier molecular flexibility index (Phi) is 5.19. The van der Waals surface area contributed by atoms with Crippen LogP contribution in [-0.2, 0) is 19.8 Å². The number of hydrogen-bond acceptors (Lipinski definition) is 4. The summed E-state index contributed by atoms with van der Waals surface area (Å²) in [5.74, 6) is 0.801. The molecule has 0 fully saturated rings. The molecule has 2 heterocycles. The fourth-order valence-electron chi connectivity index (χ4n) is 2.30. The van der Waals surface area contributed by atoms with Gasteiger partial charge < -0.3 is 9.88 Å². The number of rotatable bonds is 4. The molecule has 1 aromatic carbocycles. The quantitative estimate of drug-likeness (QED) is 0.578. The molecule has 26 heavy (non-hydrogen) atoms. The average Bonchev–Trinajstić information content (AvgIpc) is 2.98. The number of halogens is 5. The van der Waals surface area contributed by atoms with Gasteiger partial charge in [-0.05, 0) is 33.1 Å². The van der Waals surface area contributed by atoms with Crippen molar-refractivity contribution in [2.45, 2.75) is 12.7 Å². The van der Waals surface area contributed by atoms with E-state index in [0.29, 0.717) is 22.4 Å². The molecule has 0 atom stereocenters. The SMILES string of the molecule is Cn1cc(C(F)(F)F)nc1-c1ccc(CNc2nc(Cl)ncc2Br)cc1. The Bertz CT molecular complexity index is 925. The molecule has 0 spiro atoms. The smallest absolute Gasteiger partial charge is 0.365 e. The van der Waals surface area contributed by atoms with Crippen LogP contribution in [0.2, 0.25) is 5.28 Å². The summed E-state index contributed by atoms with van der Waals surface area (Å²) in [6.07, 6.45) is -1.95. The topological polar surface area (TPSA) is 55.6 Å². The minimum Gasteiger partial charge on any atom is -0.365 e. The number of hydrogen-bond donors (Lipinski definition) is 1. The highest BCUT2D eigenvalue weighted by Gasteiger charge is 2.34. The van der Waals surface area contributed by atoms with Crippen LogP contribution < -0.4 is 5.32 Å². The lowest BCUT2D eigenvalue weighted by atomic mass is 10.1. The van der Waals surface area contributed by atoms with Crippen molar-refractivity contribution >= 4 is 33.3 Å². The molecule has 3 aromatic rings. The Morgan fingerprint density at radius 2 is 1.88 bits per heavy atom. The summed E-state index contributed by atoms with van der Waals surface area (Å²) >= 11 is 9.09. The van der Waals surface area contributed by atoms with Crippen LogP contribution in [0.3, 0.4) is 0 Å². The second kappa shape index (κ2) is 7.24. The summed E-state index contributed by atoms with van der Waals surface area (Å²) < 4.78 is 40.4. The van der Waals surface area contributed by atoms with Gasteiger partial charge in [-0.2, -0.15) is 18.2 Å². The van der Waals surface area contributed by atoms with E-state index in [9.17, 15) is 13.2 Å².